The van der Waals surface area contributed by atoms with Crippen LogP contribution in [0.2, 0.25) is 10.0 Å². The average Bonchev–Trinajstić information content (AvgIpc) is 3.15. The van der Waals surface area contributed by atoms with Gasteiger partial charge < -0.3 is 19.7 Å². The lowest BCUT2D eigenvalue weighted by atomic mass is 10.1. The van der Waals surface area contributed by atoms with Gasteiger partial charge in [0.05, 0.1) is 21.6 Å². The molecule has 1 heterocycles. The van der Waals surface area contributed by atoms with E-state index in [1.165, 1.54) is 6.07 Å². The molecule has 0 radical (unpaired) electrons. The van der Waals surface area contributed by atoms with Crippen molar-refractivity contribution in [3.63, 3.8) is 0 Å². The normalized spacial score (nSPS) is 11.0. The van der Waals surface area contributed by atoms with Crippen molar-refractivity contribution in [3.05, 3.63) is 105 Å². The van der Waals surface area contributed by atoms with Crippen LogP contribution in [0.3, 0.4) is 0 Å². The number of hydrogen-bond acceptors (Lipinski definition) is 3. The van der Waals surface area contributed by atoms with Gasteiger partial charge >= 0.3 is 5.97 Å². The van der Waals surface area contributed by atoms with E-state index in [0.29, 0.717) is 27.6 Å². The fourth-order valence-corrected chi connectivity index (χ4v) is 3.50. The molecule has 8 heteroatoms. The minimum atomic E-state index is -0.969. The molecule has 1 amide bonds. The predicted octanol–water partition coefficient (Wildman–Crippen LogP) is 4.06. The van der Waals surface area contributed by atoms with Crippen LogP contribution < -0.4 is 15.9 Å². The molecule has 0 spiro atoms. The summed E-state index contributed by atoms with van der Waals surface area (Å²) in [4.78, 5) is 23.2. The molecule has 0 saturated carbocycles. The first-order chi connectivity index (χ1) is 15.8. The first-order valence-electron chi connectivity index (χ1n) is 9.72. The number of aromatic carboxylic acids is 1. The van der Waals surface area contributed by atoms with Crippen LogP contribution in [0.4, 0.5) is 5.69 Å². The fourth-order valence-electron chi connectivity index (χ4n) is 3.04. The van der Waals surface area contributed by atoms with Gasteiger partial charge in [0.25, 0.3) is 5.91 Å². The largest absolute Gasteiger partial charge is 0.484 e. The van der Waals surface area contributed by atoms with E-state index in [-0.39, 0.29) is 17.9 Å². The van der Waals surface area contributed by atoms with E-state index in [1.54, 1.807) is 42.5 Å². The van der Waals surface area contributed by atoms with Crippen molar-refractivity contribution in [2.45, 2.75) is 6.54 Å². The Kier molecular flexibility index (Phi) is 7.80. The highest BCUT2D eigenvalue weighted by atomic mass is 35.5. The van der Waals surface area contributed by atoms with Crippen molar-refractivity contribution in [3.8, 4) is 0 Å². The number of aromatic nitrogens is 1. The van der Waals surface area contributed by atoms with Gasteiger partial charge in [0.15, 0.2) is 6.61 Å². The highest BCUT2D eigenvalue weighted by Gasteiger charge is 2.08. The first kappa shape index (κ1) is 24.0. The number of allylic oxidation sites excluding steroid dienone is 1. The Labute approximate surface area is 200 Å². The Morgan fingerprint density at radius 3 is 2.52 bits per heavy atom. The molecule has 3 rings (SSSR count). The van der Waals surface area contributed by atoms with E-state index in [1.807, 2.05) is 16.8 Å². The highest BCUT2D eigenvalue weighted by Crippen LogP contribution is 2.25. The molecular weight excluding hydrogens is 463 g/mol. The summed E-state index contributed by atoms with van der Waals surface area (Å²) in [7, 11) is 0. The maximum absolute atomic E-state index is 12.2. The zero-order chi connectivity index (χ0) is 24.0. The maximum Gasteiger partial charge on any atom is 0.335 e. The van der Waals surface area contributed by atoms with Crippen molar-refractivity contribution in [2.24, 2.45) is 0 Å². The van der Waals surface area contributed by atoms with Crippen LogP contribution in [0.5, 0.6) is 0 Å². The lowest BCUT2D eigenvalue weighted by molar-refractivity contribution is -0.119. The van der Waals surface area contributed by atoms with Gasteiger partial charge in [-0.2, -0.15) is 0 Å². The predicted molar refractivity (Wildman–Crippen MR) is 130 cm³/mol. The number of anilines is 1. The third-order valence-electron chi connectivity index (χ3n) is 4.63. The lowest BCUT2D eigenvalue weighted by Gasteiger charge is -2.09. The van der Waals surface area contributed by atoms with E-state index >= 15 is 0 Å². The minimum absolute atomic E-state index is 0.228. The second kappa shape index (κ2) is 10.7. The van der Waals surface area contributed by atoms with Crippen molar-refractivity contribution in [1.82, 2.24) is 4.57 Å². The lowest BCUT2D eigenvalue weighted by Crippen LogP contribution is -2.28. The molecule has 0 atom stereocenters. The summed E-state index contributed by atoms with van der Waals surface area (Å²) in [5, 5.41) is 13.9. The van der Waals surface area contributed by atoms with Crippen LogP contribution in [0.25, 0.3) is 11.8 Å². The van der Waals surface area contributed by atoms with Crippen molar-refractivity contribution < 1.29 is 19.4 Å². The van der Waals surface area contributed by atoms with Gasteiger partial charge in [-0.1, -0.05) is 48.5 Å². The monoisotopic (exact) mass is 482 g/mol. The van der Waals surface area contributed by atoms with Gasteiger partial charge in [0.2, 0.25) is 0 Å². The van der Waals surface area contributed by atoms with Crippen molar-refractivity contribution >= 4 is 52.6 Å². The Morgan fingerprint density at radius 1 is 1.15 bits per heavy atom. The quantitative estimate of drug-likeness (QED) is 0.474. The maximum atomic E-state index is 12.2. The molecular formula is C25H20Cl2N2O4. The molecule has 3 aromatic rings. The molecule has 6 nitrogen and oxygen atoms in total. The summed E-state index contributed by atoms with van der Waals surface area (Å²) in [5.74, 6) is -1.08. The van der Waals surface area contributed by atoms with Crippen LogP contribution in [0.15, 0.2) is 73.6 Å². The topological polar surface area (TPSA) is 80.6 Å². The van der Waals surface area contributed by atoms with E-state index in [4.69, 9.17) is 33.0 Å². The Bertz CT molecular complexity index is 1350. The number of nitrogens with one attached hydrogen (secondary N) is 1. The molecule has 2 aromatic carbocycles. The number of carboxylic acid groups (broad SMARTS) is 1. The van der Waals surface area contributed by atoms with Crippen molar-refractivity contribution in [1.29, 1.82) is 0 Å². The number of amides is 1. The fraction of sp³-hybridized carbons (Fsp3) is 0.0800. The van der Waals surface area contributed by atoms with Gasteiger partial charge in [-0.3, -0.25) is 4.79 Å². The second-order valence-electron chi connectivity index (χ2n) is 7.00. The molecule has 0 aliphatic carbocycles. The van der Waals surface area contributed by atoms with Gasteiger partial charge in [-0.25, -0.2) is 4.79 Å². The summed E-state index contributed by atoms with van der Waals surface area (Å²) < 4.78 is 7.38. The number of rotatable bonds is 8. The molecule has 0 saturated heterocycles. The summed E-state index contributed by atoms with van der Waals surface area (Å²) in [5.41, 5.74) is 4.48. The van der Waals surface area contributed by atoms with Crippen LogP contribution in [-0.2, 0) is 16.1 Å². The molecule has 0 aliphatic heterocycles. The third kappa shape index (κ3) is 6.40. The molecule has 168 valence electrons. The standard InChI is InChI=1S/C25H20Cl2N2O4/c1-3-23-19(10-11-29(23)14-17-4-6-18(7-5-17)25(31)32)12-16(2)33-15-24(30)28-22-9-8-20(26)13-21(22)27/h4-13H,1-2,14-15H2,(H,28,30)(H,31,32)/b19-12-. The highest BCUT2D eigenvalue weighted by molar-refractivity contribution is 6.36. The minimum Gasteiger partial charge on any atom is -0.484 e. The molecule has 0 aliphatic rings. The number of benzene rings is 2. The van der Waals surface area contributed by atoms with Crippen LogP contribution in [0, 0.1) is 0 Å². The number of ether oxygens (including phenoxy) is 1. The van der Waals surface area contributed by atoms with E-state index in [2.05, 4.69) is 24.2 Å². The smallest absolute Gasteiger partial charge is 0.335 e. The summed E-state index contributed by atoms with van der Waals surface area (Å²) in [6.07, 6.45) is 3.53. The molecule has 33 heavy (non-hydrogen) atoms. The van der Waals surface area contributed by atoms with E-state index in [9.17, 15) is 9.59 Å². The van der Waals surface area contributed by atoms with E-state index in [0.717, 1.165) is 10.8 Å². The second-order valence-corrected chi connectivity index (χ2v) is 7.84. The Balaban J connectivity index is 1.66. The molecule has 0 fully saturated rings. The Hall–Kier alpha value is -3.70. The number of carbonyl (C=O) groups is 2. The van der Waals surface area contributed by atoms with Gasteiger partial charge in [-0.05, 0) is 48.0 Å². The average molecular weight is 483 g/mol. The number of carbonyl (C=O) groups excluding carboxylic acids is 1. The summed E-state index contributed by atoms with van der Waals surface area (Å²) in [6, 6.07) is 13.2. The Morgan fingerprint density at radius 2 is 1.88 bits per heavy atom. The van der Waals surface area contributed by atoms with Crippen LogP contribution >= 0.6 is 23.2 Å². The zero-order valence-electron chi connectivity index (χ0n) is 17.5. The SMILES string of the molecule is C=C=c1/c(=C\C(=C)OCC(=O)Nc2ccc(Cl)cc2Cl)ccn1Cc1ccc(C(=O)O)cc1. The molecule has 0 unspecified atom stereocenters. The van der Waals surface area contributed by atoms with Gasteiger partial charge in [-0.15, -0.1) is 5.73 Å². The first-order valence-corrected chi connectivity index (χ1v) is 10.5. The zero-order valence-corrected chi connectivity index (χ0v) is 19.0. The molecule has 2 N–H and O–H groups in total. The van der Waals surface area contributed by atoms with E-state index < -0.39 is 11.9 Å². The third-order valence-corrected chi connectivity index (χ3v) is 5.17. The van der Waals surface area contributed by atoms with Gasteiger partial charge in [0.1, 0.15) is 5.76 Å². The number of hydrogen-bond donors (Lipinski definition) is 2. The number of carboxylic acids is 1. The van der Waals surface area contributed by atoms with Crippen molar-refractivity contribution in [2.75, 3.05) is 11.9 Å². The number of halogens is 2. The molecule has 1 aromatic heterocycles. The van der Waals surface area contributed by atoms with Crippen LogP contribution in [-0.4, -0.2) is 28.2 Å². The number of nitrogens with zero attached hydrogens (tertiary/aromatic N) is 1. The summed E-state index contributed by atoms with van der Waals surface area (Å²) >= 11 is 11.9. The van der Waals surface area contributed by atoms with Crippen LogP contribution in [0.1, 0.15) is 15.9 Å². The molecule has 0 bridgehead atoms. The van der Waals surface area contributed by atoms with Gasteiger partial charge in [0, 0.05) is 23.0 Å². The summed E-state index contributed by atoms with van der Waals surface area (Å²) in [6.45, 7) is 7.84.